The number of nitrogen functional groups attached to an aromatic ring is 1. The summed E-state index contributed by atoms with van der Waals surface area (Å²) in [7, 11) is 0. The summed E-state index contributed by atoms with van der Waals surface area (Å²) in [6.45, 7) is 4.09. The summed E-state index contributed by atoms with van der Waals surface area (Å²) in [6, 6.07) is 7.90. The van der Waals surface area contributed by atoms with Crippen LogP contribution in [0.1, 0.15) is 11.1 Å². The summed E-state index contributed by atoms with van der Waals surface area (Å²) in [6.07, 6.45) is 1.68. The highest BCUT2D eigenvalue weighted by molar-refractivity contribution is 5.61. The second kappa shape index (κ2) is 3.69. The van der Waals surface area contributed by atoms with Gasteiger partial charge in [-0.25, -0.2) is 9.97 Å². The minimum atomic E-state index is 0.501. The molecule has 0 atom stereocenters. The SMILES string of the molecule is Cc1ccc(C)c(-c2nccc(N)n2)c1. The highest BCUT2D eigenvalue weighted by Gasteiger charge is 2.04. The van der Waals surface area contributed by atoms with Crippen molar-refractivity contribution >= 4 is 5.82 Å². The van der Waals surface area contributed by atoms with Crippen molar-refractivity contribution in [3.8, 4) is 11.4 Å². The summed E-state index contributed by atoms with van der Waals surface area (Å²) in [5, 5.41) is 0. The molecule has 0 aliphatic rings. The van der Waals surface area contributed by atoms with Gasteiger partial charge in [0, 0.05) is 11.8 Å². The molecule has 0 spiro atoms. The van der Waals surface area contributed by atoms with E-state index >= 15 is 0 Å². The third-order valence-electron chi connectivity index (χ3n) is 2.31. The van der Waals surface area contributed by atoms with E-state index in [0.29, 0.717) is 11.6 Å². The van der Waals surface area contributed by atoms with Crippen LogP contribution in [-0.4, -0.2) is 9.97 Å². The van der Waals surface area contributed by atoms with E-state index in [4.69, 9.17) is 5.73 Å². The fourth-order valence-corrected chi connectivity index (χ4v) is 1.48. The highest BCUT2D eigenvalue weighted by Crippen LogP contribution is 2.21. The van der Waals surface area contributed by atoms with Gasteiger partial charge in [0.1, 0.15) is 5.82 Å². The first-order valence-corrected chi connectivity index (χ1v) is 4.83. The molecular formula is C12H13N3. The zero-order chi connectivity index (χ0) is 10.8. The minimum Gasteiger partial charge on any atom is -0.384 e. The first kappa shape index (κ1) is 9.65. The van der Waals surface area contributed by atoms with Crippen molar-refractivity contribution < 1.29 is 0 Å². The van der Waals surface area contributed by atoms with Crippen LogP contribution >= 0.6 is 0 Å². The van der Waals surface area contributed by atoms with Crippen LogP contribution in [-0.2, 0) is 0 Å². The number of hydrogen-bond acceptors (Lipinski definition) is 3. The lowest BCUT2D eigenvalue weighted by atomic mass is 10.1. The van der Waals surface area contributed by atoms with Gasteiger partial charge in [-0.15, -0.1) is 0 Å². The van der Waals surface area contributed by atoms with E-state index in [0.717, 1.165) is 11.1 Å². The molecule has 0 aliphatic heterocycles. The van der Waals surface area contributed by atoms with Gasteiger partial charge in [0.15, 0.2) is 5.82 Å². The standard InChI is InChI=1S/C12H13N3/c1-8-3-4-9(2)10(7-8)12-14-6-5-11(13)15-12/h3-7H,1-2H3,(H2,13,14,15). The Balaban J connectivity index is 2.58. The van der Waals surface area contributed by atoms with Crippen molar-refractivity contribution in [1.82, 2.24) is 9.97 Å². The number of aryl methyl sites for hydroxylation is 2. The molecule has 15 heavy (non-hydrogen) atoms. The molecular weight excluding hydrogens is 186 g/mol. The van der Waals surface area contributed by atoms with E-state index < -0.39 is 0 Å². The van der Waals surface area contributed by atoms with Crippen LogP contribution in [0.5, 0.6) is 0 Å². The Morgan fingerprint density at radius 1 is 1.13 bits per heavy atom. The van der Waals surface area contributed by atoms with Crippen molar-refractivity contribution in [1.29, 1.82) is 0 Å². The number of aromatic nitrogens is 2. The maximum absolute atomic E-state index is 5.63. The molecule has 2 N–H and O–H groups in total. The Morgan fingerprint density at radius 2 is 1.93 bits per heavy atom. The van der Waals surface area contributed by atoms with Gasteiger partial charge >= 0.3 is 0 Å². The third kappa shape index (κ3) is 1.96. The van der Waals surface area contributed by atoms with E-state index in [1.165, 1.54) is 5.56 Å². The Kier molecular flexibility index (Phi) is 2.37. The average Bonchev–Trinajstić information content (AvgIpc) is 2.22. The molecule has 76 valence electrons. The van der Waals surface area contributed by atoms with Crippen LogP contribution in [0.15, 0.2) is 30.5 Å². The molecule has 0 aliphatic carbocycles. The number of hydrogen-bond donors (Lipinski definition) is 1. The van der Waals surface area contributed by atoms with Crippen molar-refractivity contribution in [2.45, 2.75) is 13.8 Å². The monoisotopic (exact) mass is 199 g/mol. The molecule has 3 nitrogen and oxygen atoms in total. The molecule has 2 aromatic rings. The molecule has 0 fully saturated rings. The first-order chi connectivity index (χ1) is 7.16. The number of rotatable bonds is 1. The molecule has 0 bridgehead atoms. The molecule has 3 heteroatoms. The lowest BCUT2D eigenvalue weighted by Gasteiger charge is -2.05. The van der Waals surface area contributed by atoms with E-state index in [-0.39, 0.29) is 0 Å². The Labute approximate surface area is 89.0 Å². The van der Waals surface area contributed by atoms with E-state index in [1.54, 1.807) is 12.3 Å². The lowest BCUT2D eigenvalue weighted by molar-refractivity contribution is 1.17. The maximum Gasteiger partial charge on any atom is 0.161 e. The molecule has 1 aromatic heterocycles. The second-order valence-electron chi connectivity index (χ2n) is 3.62. The van der Waals surface area contributed by atoms with Gasteiger partial charge in [-0.1, -0.05) is 17.7 Å². The number of nitrogens with zero attached hydrogens (tertiary/aromatic N) is 2. The zero-order valence-corrected chi connectivity index (χ0v) is 8.86. The quantitative estimate of drug-likeness (QED) is 0.767. The fourth-order valence-electron chi connectivity index (χ4n) is 1.48. The molecule has 0 saturated carbocycles. The van der Waals surface area contributed by atoms with Crippen molar-refractivity contribution in [2.75, 3.05) is 5.73 Å². The van der Waals surface area contributed by atoms with Crippen LogP contribution in [0, 0.1) is 13.8 Å². The van der Waals surface area contributed by atoms with Gasteiger partial charge in [0.2, 0.25) is 0 Å². The average molecular weight is 199 g/mol. The van der Waals surface area contributed by atoms with Crippen LogP contribution in [0.3, 0.4) is 0 Å². The van der Waals surface area contributed by atoms with E-state index in [1.807, 2.05) is 6.92 Å². The van der Waals surface area contributed by atoms with Crippen LogP contribution in [0.25, 0.3) is 11.4 Å². The normalized spacial score (nSPS) is 10.3. The van der Waals surface area contributed by atoms with Gasteiger partial charge in [0.25, 0.3) is 0 Å². The van der Waals surface area contributed by atoms with Gasteiger partial charge in [-0.05, 0) is 31.5 Å². The van der Waals surface area contributed by atoms with Gasteiger partial charge < -0.3 is 5.73 Å². The van der Waals surface area contributed by atoms with Crippen LogP contribution in [0.2, 0.25) is 0 Å². The molecule has 0 amide bonds. The summed E-state index contributed by atoms with van der Waals surface area (Å²) in [5.74, 6) is 1.19. The smallest absolute Gasteiger partial charge is 0.161 e. The van der Waals surface area contributed by atoms with Crippen LogP contribution in [0.4, 0.5) is 5.82 Å². The molecule has 1 heterocycles. The number of benzene rings is 1. The molecule has 0 radical (unpaired) electrons. The number of anilines is 1. The van der Waals surface area contributed by atoms with Crippen molar-refractivity contribution in [2.24, 2.45) is 0 Å². The van der Waals surface area contributed by atoms with Gasteiger partial charge in [0.05, 0.1) is 0 Å². The maximum atomic E-state index is 5.63. The predicted molar refractivity (Wildman–Crippen MR) is 61.4 cm³/mol. The summed E-state index contributed by atoms with van der Waals surface area (Å²) >= 11 is 0. The lowest BCUT2D eigenvalue weighted by Crippen LogP contribution is -1.96. The molecule has 0 unspecified atom stereocenters. The fraction of sp³-hybridized carbons (Fsp3) is 0.167. The summed E-state index contributed by atoms with van der Waals surface area (Å²) in [5.41, 5.74) is 9.03. The van der Waals surface area contributed by atoms with Gasteiger partial charge in [-0.2, -0.15) is 0 Å². The van der Waals surface area contributed by atoms with Crippen molar-refractivity contribution in [3.05, 3.63) is 41.6 Å². The molecule has 2 rings (SSSR count). The highest BCUT2D eigenvalue weighted by atomic mass is 14.9. The largest absolute Gasteiger partial charge is 0.384 e. The Morgan fingerprint density at radius 3 is 2.67 bits per heavy atom. The van der Waals surface area contributed by atoms with E-state index in [2.05, 4.69) is 35.1 Å². The Bertz CT molecular complexity index is 492. The summed E-state index contributed by atoms with van der Waals surface area (Å²) in [4.78, 5) is 8.43. The number of nitrogens with two attached hydrogens (primary N) is 1. The van der Waals surface area contributed by atoms with Crippen molar-refractivity contribution in [3.63, 3.8) is 0 Å². The molecule has 1 aromatic carbocycles. The van der Waals surface area contributed by atoms with Crippen LogP contribution < -0.4 is 5.73 Å². The third-order valence-corrected chi connectivity index (χ3v) is 2.31. The first-order valence-electron chi connectivity index (χ1n) is 4.83. The minimum absolute atomic E-state index is 0.501. The topological polar surface area (TPSA) is 51.8 Å². The summed E-state index contributed by atoms with van der Waals surface area (Å²) < 4.78 is 0. The second-order valence-corrected chi connectivity index (χ2v) is 3.62. The Hall–Kier alpha value is -1.90. The predicted octanol–water partition coefficient (Wildman–Crippen LogP) is 2.34. The van der Waals surface area contributed by atoms with Gasteiger partial charge in [-0.3, -0.25) is 0 Å². The van der Waals surface area contributed by atoms with E-state index in [9.17, 15) is 0 Å². The zero-order valence-electron chi connectivity index (χ0n) is 8.86. The molecule has 0 saturated heterocycles.